The summed E-state index contributed by atoms with van der Waals surface area (Å²) in [7, 11) is 1.50. The van der Waals surface area contributed by atoms with Gasteiger partial charge in [0.25, 0.3) is 11.5 Å². The third kappa shape index (κ3) is 6.58. The minimum absolute atomic E-state index is 0.0568. The van der Waals surface area contributed by atoms with Crippen LogP contribution in [0.15, 0.2) is 70.5 Å². The van der Waals surface area contributed by atoms with Crippen LogP contribution >= 0.6 is 0 Å². The number of anilines is 1. The van der Waals surface area contributed by atoms with E-state index >= 15 is 0 Å². The highest BCUT2D eigenvalue weighted by Gasteiger charge is 2.21. The van der Waals surface area contributed by atoms with Crippen LogP contribution in [0.25, 0.3) is 11.2 Å². The minimum atomic E-state index is -3.11. The lowest BCUT2D eigenvalue weighted by molar-refractivity contribution is -0.148. The maximum Gasteiger partial charge on any atom is 0.387 e. The number of nitrogens with one attached hydrogen (secondary N) is 1. The quantitative estimate of drug-likeness (QED) is 0.261. The standard InChI is InChI=1S/C26H25F2N5O7/c1-38-12-11-31-16-29-23-22(31)24(36)33(26(37)32(23)13-17-7-3-2-4-8-17)14-21(35)39-15-20(34)30-18-9-5-6-10-19(18)40-25(27)28/h2-10,16,25H,11-15H2,1H3,(H,30,34). The van der Waals surface area contributed by atoms with E-state index in [1.807, 2.05) is 6.07 Å². The molecule has 0 unspecified atom stereocenters. The normalized spacial score (nSPS) is 11.1. The topological polar surface area (TPSA) is 136 Å². The number of rotatable bonds is 12. The van der Waals surface area contributed by atoms with Gasteiger partial charge in [-0.3, -0.25) is 19.0 Å². The van der Waals surface area contributed by atoms with E-state index in [-0.39, 0.29) is 42.3 Å². The zero-order valence-electron chi connectivity index (χ0n) is 21.3. The molecule has 0 spiro atoms. The van der Waals surface area contributed by atoms with Crippen molar-refractivity contribution in [3.63, 3.8) is 0 Å². The van der Waals surface area contributed by atoms with Gasteiger partial charge in [-0.2, -0.15) is 8.78 Å². The molecule has 0 radical (unpaired) electrons. The molecule has 0 aliphatic heterocycles. The van der Waals surface area contributed by atoms with Crippen LogP contribution in [-0.2, 0) is 38.7 Å². The summed E-state index contributed by atoms with van der Waals surface area (Å²) in [6.07, 6.45) is 1.41. The highest BCUT2D eigenvalue weighted by atomic mass is 19.3. The van der Waals surface area contributed by atoms with E-state index < -0.39 is 42.9 Å². The number of carbonyl (C=O) groups is 2. The Morgan fingerprint density at radius 2 is 1.75 bits per heavy atom. The van der Waals surface area contributed by atoms with E-state index in [0.717, 1.165) is 5.56 Å². The first-order valence-electron chi connectivity index (χ1n) is 12.0. The van der Waals surface area contributed by atoms with E-state index in [4.69, 9.17) is 9.47 Å². The number of alkyl halides is 2. The van der Waals surface area contributed by atoms with E-state index in [1.54, 1.807) is 24.3 Å². The zero-order chi connectivity index (χ0) is 28.6. The molecule has 0 saturated heterocycles. The summed E-state index contributed by atoms with van der Waals surface area (Å²) in [5.74, 6) is -2.17. The summed E-state index contributed by atoms with van der Waals surface area (Å²) >= 11 is 0. The Morgan fingerprint density at radius 3 is 2.48 bits per heavy atom. The number of esters is 1. The molecular formula is C26H25F2N5O7. The highest BCUT2D eigenvalue weighted by Crippen LogP contribution is 2.25. The second kappa shape index (κ2) is 12.8. The zero-order valence-corrected chi connectivity index (χ0v) is 21.3. The van der Waals surface area contributed by atoms with E-state index in [2.05, 4.69) is 15.0 Å². The van der Waals surface area contributed by atoms with Crippen molar-refractivity contribution in [2.75, 3.05) is 25.6 Å². The predicted octanol–water partition coefficient (Wildman–Crippen LogP) is 1.84. The number of benzene rings is 2. The van der Waals surface area contributed by atoms with Gasteiger partial charge in [0.05, 0.1) is 25.2 Å². The van der Waals surface area contributed by atoms with Crippen molar-refractivity contribution in [3.05, 3.63) is 87.3 Å². The number of hydrogen-bond acceptors (Lipinski definition) is 8. The third-order valence-electron chi connectivity index (χ3n) is 5.73. The van der Waals surface area contributed by atoms with Gasteiger partial charge in [0.15, 0.2) is 17.8 Å². The maximum atomic E-state index is 13.4. The Balaban J connectivity index is 1.55. The third-order valence-corrected chi connectivity index (χ3v) is 5.73. The Bertz CT molecular complexity index is 1620. The van der Waals surface area contributed by atoms with E-state index in [9.17, 15) is 28.0 Å². The number of aromatic nitrogens is 4. The molecule has 4 rings (SSSR count). The van der Waals surface area contributed by atoms with Crippen LogP contribution < -0.4 is 21.3 Å². The highest BCUT2D eigenvalue weighted by molar-refractivity contribution is 5.94. The molecule has 1 N–H and O–H groups in total. The average molecular weight is 558 g/mol. The smallest absolute Gasteiger partial charge is 0.387 e. The number of halogens is 2. The molecule has 4 aromatic rings. The number of ether oxygens (including phenoxy) is 3. The van der Waals surface area contributed by atoms with Crippen LogP contribution in [0.1, 0.15) is 5.56 Å². The number of amides is 1. The molecule has 0 fully saturated rings. The molecule has 0 aliphatic carbocycles. The predicted molar refractivity (Wildman–Crippen MR) is 138 cm³/mol. The number of imidazole rings is 1. The second-order valence-corrected chi connectivity index (χ2v) is 8.43. The Labute approximate surface area is 225 Å². The molecule has 210 valence electrons. The van der Waals surface area contributed by atoms with Gasteiger partial charge in [0.1, 0.15) is 12.3 Å². The fourth-order valence-corrected chi connectivity index (χ4v) is 3.92. The van der Waals surface area contributed by atoms with Gasteiger partial charge < -0.3 is 24.1 Å². The molecule has 0 atom stereocenters. The summed E-state index contributed by atoms with van der Waals surface area (Å²) in [6, 6.07) is 14.5. The number of fused-ring (bicyclic) bond motifs is 1. The number of para-hydroxylation sites is 2. The number of carbonyl (C=O) groups excluding carboxylic acids is 2. The van der Waals surface area contributed by atoms with Crippen LogP contribution in [-0.4, -0.2) is 57.5 Å². The van der Waals surface area contributed by atoms with Gasteiger partial charge in [-0.15, -0.1) is 0 Å². The van der Waals surface area contributed by atoms with Crippen molar-refractivity contribution < 1.29 is 32.6 Å². The van der Waals surface area contributed by atoms with Crippen molar-refractivity contribution in [2.45, 2.75) is 26.2 Å². The van der Waals surface area contributed by atoms with Gasteiger partial charge in [-0.1, -0.05) is 42.5 Å². The SMILES string of the molecule is COCCn1cnc2c1c(=O)n(CC(=O)OCC(=O)Nc1ccccc1OC(F)F)c(=O)n2Cc1ccccc1. The summed E-state index contributed by atoms with van der Waals surface area (Å²) in [5, 5.41) is 2.31. The van der Waals surface area contributed by atoms with Gasteiger partial charge in [-0.05, 0) is 17.7 Å². The van der Waals surface area contributed by atoms with E-state index in [1.165, 1.54) is 46.8 Å². The van der Waals surface area contributed by atoms with Crippen LogP contribution in [0.2, 0.25) is 0 Å². The van der Waals surface area contributed by atoms with Crippen LogP contribution in [0.3, 0.4) is 0 Å². The first kappa shape index (κ1) is 28.2. The Hall–Kier alpha value is -4.85. The van der Waals surface area contributed by atoms with Gasteiger partial charge in [-0.25, -0.2) is 14.3 Å². The summed E-state index contributed by atoms with van der Waals surface area (Å²) in [4.78, 5) is 55.9. The summed E-state index contributed by atoms with van der Waals surface area (Å²) < 4.78 is 43.1. The molecule has 1 amide bonds. The lowest BCUT2D eigenvalue weighted by Crippen LogP contribution is -2.43. The molecule has 14 heteroatoms. The van der Waals surface area contributed by atoms with Crippen molar-refractivity contribution in [2.24, 2.45) is 0 Å². The van der Waals surface area contributed by atoms with Crippen molar-refractivity contribution in [1.82, 2.24) is 18.7 Å². The first-order valence-corrected chi connectivity index (χ1v) is 12.0. The molecule has 2 aromatic heterocycles. The number of hydrogen-bond donors (Lipinski definition) is 1. The second-order valence-electron chi connectivity index (χ2n) is 8.43. The van der Waals surface area contributed by atoms with Crippen LogP contribution in [0.4, 0.5) is 14.5 Å². The molecule has 40 heavy (non-hydrogen) atoms. The molecule has 0 bridgehead atoms. The van der Waals surface area contributed by atoms with Gasteiger partial charge in [0.2, 0.25) is 0 Å². The monoisotopic (exact) mass is 557 g/mol. The molecule has 2 heterocycles. The maximum absolute atomic E-state index is 13.4. The summed E-state index contributed by atoms with van der Waals surface area (Å²) in [5.41, 5.74) is -0.621. The Morgan fingerprint density at radius 1 is 1.02 bits per heavy atom. The lowest BCUT2D eigenvalue weighted by atomic mass is 10.2. The lowest BCUT2D eigenvalue weighted by Gasteiger charge is -2.13. The molecule has 0 saturated carbocycles. The van der Waals surface area contributed by atoms with Crippen LogP contribution in [0.5, 0.6) is 5.75 Å². The van der Waals surface area contributed by atoms with Crippen LogP contribution in [0, 0.1) is 0 Å². The summed E-state index contributed by atoms with van der Waals surface area (Å²) in [6.45, 7) is -4.07. The number of nitrogens with zero attached hydrogens (tertiary/aromatic N) is 4. The first-order chi connectivity index (χ1) is 19.3. The van der Waals surface area contributed by atoms with Gasteiger partial charge in [0, 0.05) is 13.7 Å². The molecule has 12 nitrogen and oxygen atoms in total. The fourth-order valence-electron chi connectivity index (χ4n) is 3.92. The largest absolute Gasteiger partial charge is 0.454 e. The van der Waals surface area contributed by atoms with E-state index in [0.29, 0.717) is 4.57 Å². The Kier molecular flexibility index (Phi) is 9.01. The number of methoxy groups -OCH3 is 1. The van der Waals surface area contributed by atoms with Crippen molar-refractivity contribution in [3.8, 4) is 5.75 Å². The van der Waals surface area contributed by atoms with Crippen molar-refractivity contribution >= 4 is 28.7 Å². The average Bonchev–Trinajstić information content (AvgIpc) is 3.36. The minimum Gasteiger partial charge on any atom is -0.454 e. The fraction of sp³-hybridized carbons (Fsp3) is 0.269. The molecule has 0 aliphatic rings. The molecule has 2 aromatic carbocycles. The van der Waals surface area contributed by atoms with Gasteiger partial charge >= 0.3 is 18.3 Å². The van der Waals surface area contributed by atoms with Crippen molar-refractivity contribution in [1.29, 1.82) is 0 Å². The molecular weight excluding hydrogens is 532 g/mol.